The van der Waals surface area contributed by atoms with Gasteiger partial charge in [-0.2, -0.15) is 0 Å². The lowest BCUT2D eigenvalue weighted by Crippen LogP contribution is -2.08. The molecule has 0 radical (unpaired) electrons. The minimum absolute atomic E-state index is 0.532. The SMILES string of the molecule is CCc1c(N)ncnc1Nc1ccc(N(C)C)cc1. The lowest BCUT2D eigenvalue weighted by Gasteiger charge is -2.14. The molecule has 1 aromatic carbocycles. The number of hydrogen-bond donors (Lipinski definition) is 2. The van der Waals surface area contributed by atoms with Gasteiger partial charge in [-0.1, -0.05) is 6.92 Å². The van der Waals surface area contributed by atoms with Gasteiger partial charge in [-0.25, -0.2) is 9.97 Å². The van der Waals surface area contributed by atoms with Gasteiger partial charge in [0.1, 0.15) is 18.0 Å². The first kappa shape index (κ1) is 13.1. The van der Waals surface area contributed by atoms with Crippen molar-refractivity contribution in [2.75, 3.05) is 30.0 Å². The van der Waals surface area contributed by atoms with Gasteiger partial charge in [0, 0.05) is 31.0 Å². The zero-order valence-electron chi connectivity index (χ0n) is 11.5. The molecule has 5 nitrogen and oxygen atoms in total. The van der Waals surface area contributed by atoms with Crippen molar-refractivity contribution >= 4 is 23.0 Å². The lowest BCUT2D eigenvalue weighted by atomic mass is 10.2. The van der Waals surface area contributed by atoms with Crippen molar-refractivity contribution in [3.8, 4) is 0 Å². The summed E-state index contributed by atoms with van der Waals surface area (Å²) in [7, 11) is 4.03. The van der Waals surface area contributed by atoms with E-state index < -0.39 is 0 Å². The average Bonchev–Trinajstić information content (AvgIpc) is 2.39. The molecule has 2 aromatic rings. The van der Waals surface area contributed by atoms with E-state index in [1.807, 2.05) is 33.2 Å². The van der Waals surface area contributed by atoms with Crippen LogP contribution in [0.2, 0.25) is 0 Å². The Labute approximate surface area is 113 Å². The van der Waals surface area contributed by atoms with Crippen LogP contribution in [0.1, 0.15) is 12.5 Å². The highest BCUT2D eigenvalue weighted by atomic mass is 15.1. The molecule has 0 aliphatic heterocycles. The van der Waals surface area contributed by atoms with E-state index in [2.05, 4.69) is 32.3 Å². The van der Waals surface area contributed by atoms with Crippen LogP contribution in [-0.2, 0) is 6.42 Å². The van der Waals surface area contributed by atoms with Crippen LogP contribution in [0.5, 0.6) is 0 Å². The van der Waals surface area contributed by atoms with Crippen LogP contribution < -0.4 is 16.0 Å². The number of nitrogen functional groups attached to an aromatic ring is 1. The van der Waals surface area contributed by atoms with E-state index in [1.54, 1.807) is 0 Å². The second kappa shape index (κ2) is 5.56. The number of nitrogens with zero attached hydrogens (tertiary/aromatic N) is 3. The third kappa shape index (κ3) is 2.93. The topological polar surface area (TPSA) is 67.1 Å². The molecule has 5 heteroatoms. The molecule has 100 valence electrons. The molecule has 0 fully saturated rings. The molecule has 3 N–H and O–H groups in total. The van der Waals surface area contributed by atoms with Crippen LogP contribution in [0, 0.1) is 0 Å². The summed E-state index contributed by atoms with van der Waals surface area (Å²) in [6, 6.07) is 8.15. The number of nitrogens with one attached hydrogen (secondary N) is 1. The summed E-state index contributed by atoms with van der Waals surface area (Å²) in [5.74, 6) is 1.30. The third-order valence-electron chi connectivity index (χ3n) is 2.98. The summed E-state index contributed by atoms with van der Waals surface area (Å²) in [5, 5.41) is 3.28. The van der Waals surface area contributed by atoms with Crippen molar-refractivity contribution < 1.29 is 0 Å². The summed E-state index contributed by atoms with van der Waals surface area (Å²) < 4.78 is 0. The van der Waals surface area contributed by atoms with E-state index >= 15 is 0 Å². The molecule has 0 bridgehead atoms. The van der Waals surface area contributed by atoms with Gasteiger partial charge in [0.2, 0.25) is 0 Å². The van der Waals surface area contributed by atoms with Gasteiger partial charge in [0.05, 0.1) is 0 Å². The maximum Gasteiger partial charge on any atom is 0.139 e. The number of benzene rings is 1. The normalized spacial score (nSPS) is 10.3. The second-order valence-corrected chi connectivity index (χ2v) is 4.51. The predicted molar refractivity (Wildman–Crippen MR) is 79.9 cm³/mol. The van der Waals surface area contributed by atoms with Gasteiger partial charge in [0.15, 0.2) is 0 Å². The quantitative estimate of drug-likeness (QED) is 0.880. The van der Waals surface area contributed by atoms with Gasteiger partial charge in [-0.3, -0.25) is 0 Å². The second-order valence-electron chi connectivity index (χ2n) is 4.51. The van der Waals surface area contributed by atoms with E-state index in [0.29, 0.717) is 5.82 Å². The average molecular weight is 257 g/mol. The number of anilines is 4. The molecule has 0 atom stereocenters. The van der Waals surface area contributed by atoms with E-state index in [1.165, 1.54) is 6.33 Å². The molecule has 0 aliphatic rings. The first-order valence-electron chi connectivity index (χ1n) is 6.25. The zero-order valence-corrected chi connectivity index (χ0v) is 11.5. The van der Waals surface area contributed by atoms with Crippen molar-refractivity contribution in [3.05, 3.63) is 36.2 Å². The van der Waals surface area contributed by atoms with Gasteiger partial charge in [0.25, 0.3) is 0 Å². The molecular weight excluding hydrogens is 238 g/mol. The molecule has 0 spiro atoms. The van der Waals surface area contributed by atoms with Crippen molar-refractivity contribution in [3.63, 3.8) is 0 Å². The van der Waals surface area contributed by atoms with Crippen molar-refractivity contribution in [1.82, 2.24) is 9.97 Å². The zero-order chi connectivity index (χ0) is 13.8. The third-order valence-corrected chi connectivity index (χ3v) is 2.98. The Balaban J connectivity index is 2.24. The molecule has 0 aliphatic carbocycles. The molecule has 2 rings (SSSR count). The Morgan fingerprint density at radius 1 is 1.16 bits per heavy atom. The van der Waals surface area contributed by atoms with Crippen LogP contribution >= 0.6 is 0 Å². The highest BCUT2D eigenvalue weighted by Crippen LogP contribution is 2.23. The summed E-state index contributed by atoms with van der Waals surface area (Å²) in [4.78, 5) is 10.3. The summed E-state index contributed by atoms with van der Waals surface area (Å²) in [6.45, 7) is 2.04. The molecule has 0 amide bonds. The minimum Gasteiger partial charge on any atom is -0.383 e. The van der Waals surface area contributed by atoms with Gasteiger partial charge < -0.3 is 16.0 Å². The first-order valence-corrected chi connectivity index (χ1v) is 6.25. The fourth-order valence-corrected chi connectivity index (χ4v) is 1.86. The van der Waals surface area contributed by atoms with Crippen LogP contribution in [-0.4, -0.2) is 24.1 Å². The molecule has 0 saturated carbocycles. The Hall–Kier alpha value is -2.30. The standard InChI is InChI=1S/C14H19N5/c1-4-12-13(15)16-9-17-14(12)18-10-5-7-11(8-6-10)19(2)3/h5-9H,4H2,1-3H3,(H3,15,16,17,18). The fourth-order valence-electron chi connectivity index (χ4n) is 1.86. The van der Waals surface area contributed by atoms with Gasteiger partial charge in [-0.15, -0.1) is 0 Å². The monoisotopic (exact) mass is 257 g/mol. The Kier molecular flexibility index (Phi) is 3.85. The number of hydrogen-bond acceptors (Lipinski definition) is 5. The maximum absolute atomic E-state index is 5.85. The number of aromatic nitrogens is 2. The Morgan fingerprint density at radius 3 is 2.42 bits per heavy atom. The van der Waals surface area contributed by atoms with E-state index in [0.717, 1.165) is 29.2 Å². The van der Waals surface area contributed by atoms with Crippen LogP contribution in [0.4, 0.5) is 23.0 Å². The predicted octanol–water partition coefficient (Wildman–Crippen LogP) is 2.43. The number of nitrogens with two attached hydrogens (primary N) is 1. The highest BCUT2D eigenvalue weighted by Gasteiger charge is 2.07. The van der Waals surface area contributed by atoms with Gasteiger partial charge in [-0.05, 0) is 30.7 Å². The first-order chi connectivity index (χ1) is 9.11. The summed E-state index contributed by atoms with van der Waals surface area (Å²) in [5.41, 5.74) is 8.94. The lowest BCUT2D eigenvalue weighted by molar-refractivity contribution is 1.06. The largest absolute Gasteiger partial charge is 0.383 e. The molecule has 1 aromatic heterocycles. The van der Waals surface area contributed by atoms with E-state index in [-0.39, 0.29) is 0 Å². The molecule has 19 heavy (non-hydrogen) atoms. The Bertz CT molecular complexity index is 548. The smallest absolute Gasteiger partial charge is 0.139 e. The minimum atomic E-state index is 0.532. The number of rotatable bonds is 4. The molecule has 0 unspecified atom stereocenters. The summed E-state index contributed by atoms with van der Waals surface area (Å²) in [6.07, 6.45) is 2.27. The molecule has 0 saturated heterocycles. The summed E-state index contributed by atoms with van der Waals surface area (Å²) >= 11 is 0. The van der Waals surface area contributed by atoms with Gasteiger partial charge >= 0.3 is 0 Å². The highest BCUT2D eigenvalue weighted by molar-refractivity contribution is 5.65. The van der Waals surface area contributed by atoms with Crippen molar-refractivity contribution in [1.29, 1.82) is 0 Å². The molecule has 1 heterocycles. The van der Waals surface area contributed by atoms with Crippen LogP contribution in [0.3, 0.4) is 0 Å². The molecular formula is C14H19N5. The Morgan fingerprint density at radius 2 is 1.84 bits per heavy atom. The maximum atomic E-state index is 5.85. The van der Waals surface area contributed by atoms with E-state index in [4.69, 9.17) is 5.73 Å². The van der Waals surface area contributed by atoms with Crippen LogP contribution in [0.15, 0.2) is 30.6 Å². The fraction of sp³-hybridized carbons (Fsp3) is 0.286. The van der Waals surface area contributed by atoms with Crippen molar-refractivity contribution in [2.45, 2.75) is 13.3 Å². The van der Waals surface area contributed by atoms with Crippen LogP contribution in [0.25, 0.3) is 0 Å². The van der Waals surface area contributed by atoms with Crippen molar-refractivity contribution in [2.24, 2.45) is 0 Å². The van der Waals surface area contributed by atoms with E-state index in [9.17, 15) is 0 Å².